The maximum atomic E-state index is 11.9. The predicted molar refractivity (Wildman–Crippen MR) is 72.9 cm³/mol. The molecule has 0 unspecified atom stereocenters. The van der Waals surface area contributed by atoms with Crippen LogP contribution in [0, 0.1) is 0 Å². The van der Waals surface area contributed by atoms with Gasteiger partial charge in [0.1, 0.15) is 0 Å². The molecule has 4 nitrogen and oxygen atoms in total. The zero-order valence-corrected chi connectivity index (χ0v) is 12.2. The van der Waals surface area contributed by atoms with Gasteiger partial charge in [0.15, 0.2) is 9.84 Å². The smallest absolute Gasteiger partial charge is 0.177 e. The van der Waals surface area contributed by atoms with E-state index in [0.29, 0.717) is 10.6 Å². The molecule has 0 radical (unpaired) electrons. The van der Waals surface area contributed by atoms with Gasteiger partial charge in [0.25, 0.3) is 0 Å². The summed E-state index contributed by atoms with van der Waals surface area (Å²) in [6.07, 6.45) is 4.20. The Labute approximate surface area is 109 Å². The van der Waals surface area contributed by atoms with Crippen molar-refractivity contribution in [1.29, 1.82) is 0 Å². The van der Waals surface area contributed by atoms with Gasteiger partial charge in [-0.1, -0.05) is 20.8 Å². The minimum Gasteiger partial charge on any atom is -0.370 e. The Morgan fingerprint density at radius 1 is 1.28 bits per heavy atom. The van der Waals surface area contributed by atoms with Crippen molar-refractivity contribution in [2.45, 2.75) is 37.5 Å². The lowest BCUT2D eigenvalue weighted by molar-refractivity contribution is 0.542. The Kier molecular flexibility index (Phi) is 3.13. The van der Waals surface area contributed by atoms with Crippen molar-refractivity contribution in [1.82, 2.24) is 4.98 Å². The van der Waals surface area contributed by atoms with Gasteiger partial charge in [0, 0.05) is 24.8 Å². The van der Waals surface area contributed by atoms with Gasteiger partial charge in [-0.3, -0.25) is 4.98 Å². The summed E-state index contributed by atoms with van der Waals surface area (Å²) in [5.74, 6) is 0. The second-order valence-corrected chi connectivity index (χ2v) is 7.89. The van der Waals surface area contributed by atoms with Crippen LogP contribution in [0.15, 0.2) is 17.2 Å². The third kappa shape index (κ3) is 2.51. The largest absolute Gasteiger partial charge is 0.370 e. The highest BCUT2D eigenvalue weighted by atomic mass is 32.2. The van der Waals surface area contributed by atoms with E-state index in [1.807, 2.05) is 20.8 Å². The van der Waals surface area contributed by atoms with Crippen LogP contribution in [-0.4, -0.2) is 32.7 Å². The fourth-order valence-corrected chi connectivity index (χ4v) is 3.07. The van der Waals surface area contributed by atoms with E-state index in [1.165, 1.54) is 6.26 Å². The molecule has 0 aromatic carbocycles. The molecule has 0 spiro atoms. The van der Waals surface area contributed by atoms with Gasteiger partial charge in [0.2, 0.25) is 0 Å². The first-order valence-electron chi connectivity index (χ1n) is 6.15. The minimum atomic E-state index is -3.25. The van der Waals surface area contributed by atoms with E-state index in [9.17, 15) is 8.42 Å². The summed E-state index contributed by atoms with van der Waals surface area (Å²) in [6.45, 7) is 7.91. The van der Waals surface area contributed by atoms with Crippen LogP contribution in [0.4, 0.5) is 5.69 Å². The number of aromatic nitrogens is 1. The monoisotopic (exact) mass is 268 g/mol. The molecular weight excluding hydrogens is 248 g/mol. The lowest BCUT2D eigenvalue weighted by Crippen LogP contribution is -2.37. The zero-order chi connectivity index (χ0) is 13.6. The van der Waals surface area contributed by atoms with Crippen molar-refractivity contribution in [2.24, 2.45) is 0 Å². The molecule has 2 rings (SSSR count). The first-order chi connectivity index (χ1) is 8.19. The van der Waals surface area contributed by atoms with Crippen LogP contribution < -0.4 is 4.90 Å². The summed E-state index contributed by atoms with van der Waals surface area (Å²) in [7, 11) is -3.25. The maximum Gasteiger partial charge on any atom is 0.177 e. The van der Waals surface area contributed by atoms with Crippen molar-refractivity contribution in [3.05, 3.63) is 18.0 Å². The normalized spacial score (nSPS) is 16.6. The highest BCUT2D eigenvalue weighted by molar-refractivity contribution is 7.90. The zero-order valence-electron chi connectivity index (χ0n) is 11.4. The van der Waals surface area contributed by atoms with Crippen LogP contribution in [0.5, 0.6) is 0 Å². The molecule has 100 valence electrons. The maximum absolute atomic E-state index is 11.9. The average Bonchev–Trinajstić information content (AvgIpc) is 2.11. The van der Waals surface area contributed by atoms with E-state index in [1.54, 1.807) is 12.3 Å². The highest BCUT2D eigenvalue weighted by Gasteiger charge is 2.26. The van der Waals surface area contributed by atoms with Crippen LogP contribution in [0.3, 0.4) is 0 Å². The molecule has 1 aromatic heterocycles. The Morgan fingerprint density at radius 3 is 2.28 bits per heavy atom. The van der Waals surface area contributed by atoms with Gasteiger partial charge in [-0.15, -0.1) is 0 Å². The summed E-state index contributed by atoms with van der Waals surface area (Å²) in [6, 6.07) is 1.77. The summed E-state index contributed by atoms with van der Waals surface area (Å²) in [5.41, 5.74) is 1.29. The Bertz CT molecular complexity index is 555. The Morgan fingerprint density at radius 2 is 1.89 bits per heavy atom. The van der Waals surface area contributed by atoms with E-state index in [4.69, 9.17) is 0 Å². The van der Waals surface area contributed by atoms with Crippen LogP contribution >= 0.6 is 0 Å². The molecule has 18 heavy (non-hydrogen) atoms. The molecular formula is C13H20N2O2S. The number of rotatable bonds is 2. The summed E-state index contributed by atoms with van der Waals surface area (Å²) >= 11 is 0. The van der Waals surface area contributed by atoms with Crippen LogP contribution in [0.25, 0.3) is 0 Å². The molecule has 0 bridgehead atoms. The first kappa shape index (κ1) is 13.3. The summed E-state index contributed by atoms with van der Waals surface area (Å²) < 4.78 is 23.8. The SMILES string of the molecule is CC(C)(C)c1ncc(N2CCC2)cc1S(C)(=O)=O. The third-order valence-electron chi connectivity index (χ3n) is 3.17. The molecule has 2 heterocycles. The number of nitrogens with zero attached hydrogens (tertiary/aromatic N) is 2. The lowest BCUT2D eigenvalue weighted by atomic mass is 9.91. The second-order valence-electron chi connectivity index (χ2n) is 5.90. The molecule has 0 N–H and O–H groups in total. The third-order valence-corrected chi connectivity index (χ3v) is 4.28. The number of pyridine rings is 1. The minimum absolute atomic E-state index is 0.272. The predicted octanol–water partition coefficient (Wildman–Crippen LogP) is 1.99. The fraction of sp³-hybridized carbons (Fsp3) is 0.615. The molecule has 0 amide bonds. The van der Waals surface area contributed by atoms with Crippen molar-refractivity contribution in [3.8, 4) is 0 Å². The number of anilines is 1. The van der Waals surface area contributed by atoms with E-state index in [-0.39, 0.29) is 5.41 Å². The fourth-order valence-electron chi connectivity index (χ4n) is 2.03. The van der Waals surface area contributed by atoms with Gasteiger partial charge in [0.05, 0.1) is 22.5 Å². The number of sulfone groups is 1. The Balaban J connectivity index is 2.55. The van der Waals surface area contributed by atoms with Gasteiger partial charge < -0.3 is 4.90 Å². The van der Waals surface area contributed by atoms with E-state index in [0.717, 1.165) is 25.2 Å². The molecule has 0 atom stereocenters. The summed E-state index contributed by atoms with van der Waals surface area (Å²) in [5, 5.41) is 0. The van der Waals surface area contributed by atoms with Gasteiger partial charge in [-0.05, 0) is 12.5 Å². The van der Waals surface area contributed by atoms with Crippen LogP contribution in [0.2, 0.25) is 0 Å². The molecule has 5 heteroatoms. The van der Waals surface area contributed by atoms with Gasteiger partial charge in [-0.25, -0.2) is 8.42 Å². The molecule has 1 fully saturated rings. The molecule has 1 aliphatic heterocycles. The van der Waals surface area contributed by atoms with Crippen molar-refractivity contribution < 1.29 is 8.42 Å². The molecule has 1 aromatic rings. The topological polar surface area (TPSA) is 50.3 Å². The average molecular weight is 268 g/mol. The Hall–Kier alpha value is -1.10. The first-order valence-corrected chi connectivity index (χ1v) is 8.04. The molecule has 1 aliphatic rings. The summed E-state index contributed by atoms with van der Waals surface area (Å²) in [4.78, 5) is 6.91. The molecule has 0 saturated carbocycles. The second kappa shape index (κ2) is 4.23. The van der Waals surface area contributed by atoms with Crippen LogP contribution in [0.1, 0.15) is 32.9 Å². The lowest BCUT2D eigenvalue weighted by Gasteiger charge is -2.33. The molecule has 1 saturated heterocycles. The van der Waals surface area contributed by atoms with Crippen molar-refractivity contribution >= 4 is 15.5 Å². The van der Waals surface area contributed by atoms with E-state index >= 15 is 0 Å². The van der Waals surface area contributed by atoms with Gasteiger partial charge >= 0.3 is 0 Å². The molecule has 0 aliphatic carbocycles. The van der Waals surface area contributed by atoms with Gasteiger partial charge in [-0.2, -0.15) is 0 Å². The van der Waals surface area contributed by atoms with Crippen molar-refractivity contribution in [3.63, 3.8) is 0 Å². The van der Waals surface area contributed by atoms with Crippen LogP contribution in [-0.2, 0) is 15.3 Å². The number of hydrogen-bond acceptors (Lipinski definition) is 4. The van der Waals surface area contributed by atoms with Crippen molar-refractivity contribution in [2.75, 3.05) is 24.2 Å². The standard InChI is InChI=1S/C13H20N2O2S/c1-13(2,3)12-11(18(4,16)17)8-10(9-14-12)15-6-5-7-15/h8-9H,5-7H2,1-4H3. The van der Waals surface area contributed by atoms with E-state index < -0.39 is 9.84 Å². The number of hydrogen-bond donors (Lipinski definition) is 0. The van der Waals surface area contributed by atoms with E-state index in [2.05, 4.69) is 9.88 Å². The quantitative estimate of drug-likeness (QED) is 0.823. The highest BCUT2D eigenvalue weighted by Crippen LogP contribution is 2.31.